The summed E-state index contributed by atoms with van der Waals surface area (Å²) in [5.41, 5.74) is 2.08. The molecule has 0 unspecified atom stereocenters. The Hall–Kier alpha value is -2.37. The number of H-pyrrole nitrogens is 1. The van der Waals surface area contributed by atoms with Gasteiger partial charge in [0.2, 0.25) is 0 Å². The standard InChI is InChI=1S/C15H19N5O/c21-15(17-9-12-4-3-6-16-8-12)20-7-2-1-5-14(20)13-10-18-19-11-13/h3-4,6,8,10-11,14H,1-2,5,7,9H2,(H,17,21)(H,18,19)/t14-/m0/s1. The molecule has 2 N–H and O–H groups in total. The average Bonchev–Trinajstić information content (AvgIpc) is 3.08. The molecule has 6 heteroatoms. The molecule has 2 aromatic heterocycles. The van der Waals surface area contributed by atoms with Gasteiger partial charge in [-0.05, 0) is 30.9 Å². The van der Waals surface area contributed by atoms with Crippen LogP contribution in [0, 0.1) is 0 Å². The molecule has 3 heterocycles. The highest BCUT2D eigenvalue weighted by Gasteiger charge is 2.28. The number of nitrogens with zero attached hydrogens (tertiary/aromatic N) is 3. The van der Waals surface area contributed by atoms with Crippen molar-refractivity contribution < 1.29 is 4.79 Å². The zero-order valence-corrected chi connectivity index (χ0v) is 11.8. The number of rotatable bonds is 3. The topological polar surface area (TPSA) is 73.9 Å². The number of carbonyl (C=O) groups excluding carboxylic acids is 1. The maximum Gasteiger partial charge on any atom is 0.318 e. The maximum atomic E-state index is 12.4. The molecule has 2 amide bonds. The number of aromatic nitrogens is 3. The molecule has 2 aromatic rings. The third-order valence-corrected chi connectivity index (χ3v) is 3.83. The van der Waals surface area contributed by atoms with Crippen LogP contribution in [-0.2, 0) is 6.54 Å². The van der Waals surface area contributed by atoms with E-state index in [9.17, 15) is 4.79 Å². The molecule has 0 saturated carbocycles. The van der Waals surface area contributed by atoms with E-state index in [1.165, 1.54) is 0 Å². The molecule has 6 nitrogen and oxygen atoms in total. The lowest BCUT2D eigenvalue weighted by Gasteiger charge is -2.35. The van der Waals surface area contributed by atoms with E-state index in [1.54, 1.807) is 18.6 Å². The first-order valence-electron chi connectivity index (χ1n) is 7.26. The molecule has 0 radical (unpaired) electrons. The Kier molecular flexibility index (Phi) is 4.14. The van der Waals surface area contributed by atoms with Crippen molar-refractivity contribution in [3.05, 3.63) is 48.0 Å². The highest BCUT2D eigenvalue weighted by atomic mass is 16.2. The normalized spacial score (nSPS) is 18.5. The van der Waals surface area contributed by atoms with Crippen LogP contribution < -0.4 is 5.32 Å². The number of hydrogen-bond acceptors (Lipinski definition) is 3. The minimum atomic E-state index is -0.0234. The van der Waals surface area contributed by atoms with Crippen LogP contribution in [0.15, 0.2) is 36.9 Å². The number of aromatic amines is 1. The van der Waals surface area contributed by atoms with Crippen LogP contribution in [0.25, 0.3) is 0 Å². The molecule has 1 fully saturated rings. The summed E-state index contributed by atoms with van der Waals surface area (Å²) in [7, 11) is 0. The van der Waals surface area contributed by atoms with Crippen molar-refractivity contribution in [1.82, 2.24) is 25.4 Å². The Balaban J connectivity index is 1.64. The zero-order valence-electron chi connectivity index (χ0n) is 11.8. The van der Waals surface area contributed by atoms with Gasteiger partial charge in [-0.25, -0.2) is 4.79 Å². The van der Waals surface area contributed by atoms with Crippen LogP contribution in [0.5, 0.6) is 0 Å². The number of hydrogen-bond donors (Lipinski definition) is 2. The van der Waals surface area contributed by atoms with Crippen molar-refractivity contribution in [2.24, 2.45) is 0 Å². The van der Waals surface area contributed by atoms with Gasteiger partial charge in [0, 0.05) is 37.2 Å². The predicted molar refractivity (Wildman–Crippen MR) is 78.4 cm³/mol. The van der Waals surface area contributed by atoms with Crippen LogP contribution >= 0.6 is 0 Å². The number of nitrogens with one attached hydrogen (secondary N) is 2. The fourth-order valence-corrected chi connectivity index (χ4v) is 2.75. The quantitative estimate of drug-likeness (QED) is 0.908. The van der Waals surface area contributed by atoms with Gasteiger partial charge in [0.05, 0.1) is 12.2 Å². The molecule has 0 spiro atoms. The SMILES string of the molecule is O=C(NCc1cccnc1)N1CCCC[C@H]1c1cn[nH]c1. The molecule has 1 aliphatic rings. The molecule has 0 aliphatic carbocycles. The van der Waals surface area contributed by atoms with Gasteiger partial charge < -0.3 is 10.2 Å². The van der Waals surface area contributed by atoms with E-state index in [2.05, 4.69) is 20.5 Å². The van der Waals surface area contributed by atoms with E-state index in [4.69, 9.17) is 0 Å². The van der Waals surface area contributed by atoms with Crippen LogP contribution in [0.2, 0.25) is 0 Å². The van der Waals surface area contributed by atoms with Gasteiger partial charge >= 0.3 is 6.03 Å². The molecule has 0 aromatic carbocycles. The fraction of sp³-hybridized carbons (Fsp3) is 0.400. The van der Waals surface area contributed by atoms with E-state index in [-0.39, 0.29) is 12.1 Å². The average molecular weight is 285 g/mol. The van der Waals surface area contributed by atoms with Gasteiger partial charge in [0.1, 0.15) is 0 Å². The summed E-state index contributed by atoms with van der Waals surface area (Å²) >= 11 is 0. The highest BCUT2D eigenvalue weighted by molar-refractivity contribution is 5.74. The molecule has 21 heavy (non-hydrogen) atoms. The lowest BCUT2D eigenvalue weighted by atomic mass is 9.98. The van der Waals surface area contributed by atoms with E-state index >= 15 is 0 Å². The fourth-order valence-electron chi connectivity index (χ4n) is 2.75. The third-order valence-electron chi connectivity index (χ3n) is 3.83. The summed E-state index contributed by atoms with van der Waals surface area (Å²) in [5, 5.41) is 9.80. The van der Waals surface area contributed by atoms with Crippen LogP contribution in [-0.4, -0.2) is 32.7 Å². The number of pyridine rings is 1. The van der Waals surface area contributed by atoms with Gasteiger partial charge in [-0.2, -0.15) is 5.10 Å². The first-order valence-corrected chi connectivity index (χ1v) is 7.26. The Morgan fingerprint density at radius 3 is 3.14 bits per heavy atom. The maximum absolute atomic E-state index is 12.4. The first-order chi connectivity index (χ1) is 10.3. The van der Waals surface area contributed by atoms with Gasteiger partial charge in [0.15, 0.2) is 0 Å². The van der Waals surface area contributed by atoms with Gasteiger partial charge in [-0.3, -0.25) is 10.1 Å². The summed E-state index contributed by atoms with van der Waals surface area (Å²) in [6, 6.07) is 3.92. The van der Waals surface area contributed by atoms with E-state index < -0.39 is 0 Å². The minimum absolute atomic E-state index is 0.0234. The largest absolute Gasteiger partial charge is 0.334 e. The van der Waals surface area contributed by atoms with Gasteiger partial charge in [-0.15, -0.1) is 0 Å². The van der Waals surface area contributed by atoms with Crippen molar-refractivity contribution in [3.8, 4) is 0 Å². The highest BCUT2D eigenvalue weighted by Crippen LogP contribution is 2.30. The summed E-state index contributed by atoms with van der Waals surface area (Å²) < 4.78 is 0. The Morgan fingerprint density at radius 1 is 1.43 bits per heavy atom. The summed E-state index contributed by atoms with van der Waals surface area (Å²) in [4.78, 5) is 18.4. The molecule has 3 rings (SSSR count). The smallest absolute Gasteiger partial charge is 0.318 e. The lowest BCUT2D eigenvalue weighted by Crippen LogP contribution is -2.44. The van der Waals surface area contributed by atoms with E-state index in [1.807, 2.05) is 23.2 Å². The molecular formula is C15H19N5O. The van der Waals surface area contributed by atoms with Crippen molar-refractivity contribution in [3.63, 3.8) is 0 Å². The van der Waals surface area contributed by atoms with E-state index in [0.29, 0.717) is 6.54 Å². The number of carbonyl (C=O) groups is 1. The Bertz CT molecular complexity index is 569. The molecule has 1 aliphatic heterocycles. The van der Waals surface area contributed by atoms with Crippen molar-refractivity contribution in [2.45, 2.75) is 31.8 Å². The Morgan fingerprint density at radius 2 is 2.38 bits per heavy atom. The predicted octanol–water partition coefficient (Wildman–Crippen LogP) is 2.24. The number of piperidine rings is 1. The second-order valence-corrected chi connectivity index (χ2v) is 5.26. The van der Waals surface area contributed by atoms with Crippen LogP contribution in [0.4, 0.5) is 4.79 Å². The van der Waals surface area contributed by atoms with Crippen molar-refractivity contribution in [1.29, 1.82) is 0 Å². The molecule has 1 saturated heterocycles. The second kappa shape index (κ2) is 6.39. The lowest BCUT2D eigenvalue weighted by molar-refractivity contribution is 0.151. The minimum Gasteiger partial charge on any atom is -0.334 e. The molecule has 0 bridgehead atoms. The number of likely N-dealkylation sites (tertiary alicyclic amines) is 1. The van der Waals surface area contributed by atoms with Gasteiger partial charge in [-0.1, -0.05) is 6.07 Å². The molecule has 110 valence electrons. The van der Waals surface area contributed by atoms with Gasteiger partial charge in [0.25, 0.3) is 0 Å². The summed E-state index contributed by atoms with van der Waals surface area (Å²) in [6.07, 6.45) is 10.3. The van der Waals surface area contributed by atoms with Crippen molar-refractivity contribution >= 4 is 6.03 Å². The molecular weight excluding hydrogens is 266 g/mol. The third kappa shape index (κ3) is 3.21. The van der Waals surface area contributed by atoms with Crippen LogP contribution in [0.1, 0.15) is 36.4 Å². The second-order valence-electron chi connectivity index (χ2n) is 5.26. The number of urea groups is 1. The number of amides is 2. The van der Waals surface area contributed by atoms with Crippen molar-refractivity contribution in [2.75, 3.05) is 6.54 Å². The summed E-state index contributed by atoms with van der Waals surface area (Å²) in [6.45, 7) is 1.29. The van der Waals surface area contributed by atoms with Crippen LogP contribution in [0.3, 0.4) is 0 Å². The van der Waals surface area contributed by atoms with E-state index in [0.717, 1.165) is 36.9 Å². The zero-order chi connectivity index (χ0) is 14.5. The monoisotopic (exact) mass is 285 g/mol. The Labute approximate surface area is 123 Å². The molecule has 1 atom stereocenters. The summed E-state index contributed by atoms with van der Waals surface area (Å²) in [5.74, 6) is 0. The first kappa shape index (κ1) is 13.6.